The SMILES string of the molecule is COC(=O)c1ccc(NC(=O)CCCC(=O)OCCOc2ccc(C(=O)c3ccc(-c4cc(C(=O)NC5CC5)ccc4C)cc3)cc2)cc1C#CCN.Cl. The number of methoxy groups -OCH3 is 1. The smallest absolute Gasteiger partial charge is 0.339 e. The summed E-state index contributed by atoms with van der Waals surface area (Å²) in [7, 11) is 1.27. The van der Waals surface area contributed by atoms with Crippen molar-refractivity contribution >= 4 is 47.6 Å². The Bertz CT molecular complexity index is 2050. The van der Waals surface area contributed by atoms with E-state index in [2.05, 4.69) is 22.5 Å². The molecule has 4 aromatic carbocycles. The van der Waals surface area contributed by atoms with E-state index in [0.717, 1.165) is 29.5 Å². The molecule has 0 spiro atoms. The predicted octanol–water partition coefficient (Wildman–Crippen LogP) is 6.03. The van der Waals surface area contributed by atoms with Crippen LogP contribution in [0.2, 0.25) is 0 Å². The van der Waals surface area contributed by atoms with Crippen LogP contribution in [-0.2, 0) is 19.1 Å². The summed E-state index contributed by atoms with van der Waals surface area (Å²) in [6.07, 6.45) is 2.45. The number of esters is 2. The number of benzene rings is 4. The van der Waals surface area contributed by atoms with Gasteiger partial charge in [-0.25, -0.2) is 4.79 Å². The molecule has 1 aliphatic rings. The number of nitrogens with two attached hydrogens (primary N) is 1. The Hall–Kier alpha value is -5.96. The molecule has 0 unspecified atom stereocenters. The molecule has 0 aromatic heterocycles. The highest BCUT2D eigenvalue weighted by atomic mass is 35.5. The van der Waals surface area contributed by atoms with Crippen molar-refractivity contribution < 1.29 is 38.2 Å². The van der Waals surface area contributed by atoms with E-state index in [0.29, 0.717) is 33.7 Å². The summed E-state index contributed by atoms with van der Waals surface area (Å²) in [6, 6.07) is 24.6. The minimum absolute atomic E-state index is 0. The summed E-state index contributed by atoms with van der Waals surface area (Å²) in [5.41, 5.74) is 11.1. The van der Waals surface area contributed by atoms with Gasteiger partial charge < -0.3 is 30.6 Å². The van der Waals surface area contributed by atoms with Gasteiger partial charge in [-0.2, -0.15) is 0 Å². The van der Waals surface area contributed by atoms with Gasteiger partial charge in [-0.05, 0) is 97.5 Å². The Kier molecular flexibility index (Phi) is 14.9. The molecule has 12 heteroatoms. The lowest BCUT2D eigenvalue weighted by Crippen LogP contribution is -2.25. The first-order chi connectivity index (χ1) is 25.6. The van der Waals surface area contributed by atoms with Crippen LogP contribution < -0.4 is 21.1 Å². The van der Waals surface area contributed by atoms with Crippen LogP contribution in [-0.4, -0.2) is 62.4 Å². The molecule has 1 aliphatic carbocycles. The zero-order valence-corrected chi connectivity index (χ0v) is 30.9. The van der Waals surface area contributed by atoms with Crippen LogP contribution in [0.3, 0.4) is 0 Å². The van der Waals surface area contributed by atoms with Gasteiger partial charge in [0.15, 0.2) is 5.78 Å². The highest BCUT2D eigenvalue weighted by molar-refractivity contribution is 6.09. The molecule has 4 aromatic rings. The van der Waals surface area contributed by atoms with Gasteiger partial charge in [0.25, 0.3) is 5.91 Å². The first-order valence-corrected chi connectivity index (χ1v) is 17.3. The zero-order chi connectivity index (χ0) is 37.7. The molecule has 0 atom stereocenters. The largest absolute Gasteiger partial charge is 0.490 e. The van der Waals surface area contributed by atoms with Crippen molar-refractivity contribution in [3.8, 4) is 28.7 Å². The number of hydrogen-bond donors (Lipinski definition) is 3. The summed E-state index contributed by atoms with van der Waals surface area (Å²) in [5.74, 6) is 4.47. The van der Waals surface area contributed by atoms with Crippen molar-refractivity contribution in [2.45, 2.75) is 45.1 Å². The number of hydrogen-bond acceptors (Lipinski definition) is 9. The van der Waals surface area contributed by atoms with Gasteiger partial charge in [0.1, 0.15) is 19.0 Å². The number of carbonyl (C=O) groups excluding carboxylic acids is 5. The fraction of sp³-hybridized carbons (Fsp3) is 0.262. The Morgan fingerprint density at radius 1 is 0.833 bits per heavy atom. The van der Waals surface area contributed by atoms with Crippen LogP contribution in [0.5, 0.6) is 5.75 Å². The van der Waals surface area contributed by atoms with Crippen LogP contribution >= 0.6 is 12.4 Å². The topological polar surface area (TPSA) is 163 Å². The maximum absolute atomic E-state index is 13.2. The fourth-order valence-corrected chi connectivity index (χ4v) is 5.40. The molecule has 0 bridgehead atoms. The van der Waals surface area contributed by atoms with Crippen LogP contribution in [0.15, 0.2) is 84.9 Å². The molecular formula is C42H42ClN3O8. The van der Waals surface area contributed by atoms with Gasteiger partial charge in [-0.1, -0.05) is 42.2 Å². The third-order valence-corrected chi connectivity index (χ3v) is 8.42. The Morgan fingerprint density at radius 2 is 1.52 bits per heavy atom. The number of anilines is 1. The molecule has 1 saturated carbocycles. The van der Waals surface area contributed by atoms with E-state index in [4.69, 9.17) is 19.9 Å². The molecule has 2 amide bonds. The van der Waals surface area contributed by atoms with E-state index >= 15 is 0 Å². The molecule has 280 valence electrons. The first kappa shape index (κ1) is 40.8. The molecule has 4 N–H and O–H groups in total. The van der Waals surface area contributed by atoms with Crippen molar-refractivity contribution in [3.05, 3.63) is 118 Å². The quantitative estimate of drug-likeness (QED) is 0.0569. The summed E-state index contributed by atoms with van der Waals surface area (Å²) in [4.78, 5) is 62.3. The standard InChI is InChI=1S/C42H41N3O8.ClH/c1-27-8-9-32(41(49)45-33-16-17-33)26-37(27)28-10-12-29(13-11-28)40(48)30-14-19-35(20-15-30)52-23-24-53-39(47)7-3-6-38(46)44-34-18-21-36(42(50)51-2)31(25-34)5-4-22-43;/h8-15,18-21,25-26,33H,3,6-7,16-17,22-24,43H2,1-2H3,(H,44,46)(H,45,49);1H. The number of rotatable bonds is 15. The molecule has 11 nitrogen and oxygen atoms in total. The van der Waals surface area contributed by atoms with Gasteiger partial charge in [0.2, 0.25) is 5.91 Å². The number of nitrogens with one attached hydrogen (secondary N) is 2. The maximum atomic E-state index is 13.2. The van der Waals surface area contributed by atoms with Crippen molar-refractivity contribution in [2.75, 3.05) is 32.2 Å². The number of ether oxygens (including phenoxy) is 3. The van der Waals surface area contributed by atoms with E-state index in [9.17, 15) is 24.0 Å². The number of aryl methyl sites for hydroxylation is 1. The second kappa shape index (κ2) is 19.8. The number of ketones is 1. The van der Waals surface area contributed by atoms with Crippen molar-refractivity contribution in [1.29, 1.82) is 0 Å². The lowest BCUT2D eigenvalue weighted by atomic mass is 9.95. The van der Waals surface area contributed by atoms with Crippen LogP contribution in [0, 0.1) is 18.8 Å². The zero-order valence-electron chi connectivity index (χ0n) is 30.1. The molecule has 5 rings (SSSR count). The minimum Gasteiger partial charge on any atom is -0.490 e. The van der Waals surface area contributed by atoms with Gasteiger partial charge in [-0.3, -0.25) is 19.2 Å². The van der Waals surface area contributed by atoms with Crippen LogP contribution in [0.4, 0.5) is 5.69 Å². The average molecular weight is 752 g/mol. The lowest BCUT2D eigenvalue weighted by Gasteiger charge is -2.11. The van der Waals surface area contributed by atoms with E-state index in [1.807, 2.05) is 37.3 Å². The number of carbonyl (C=O) groups is 5. The van der Waals surface area contributed by atoms with Crippen LogP contribution in [0.1, 0.15) is 79.9 Å². The third kappa shape index (κ3) is 11.5. The molecule has 0 saturated heterocycles. The van der Waals surface area contributed by atoms with Crippen molar-refractivity contribution in [3.63, 3.8) is 0 Å². The van der Waals surface area contributed by atoms with Gasteiger partial charge in [-0.15, -0.1) is 12.4 Å². The summed E-state index contributed by atoms with van der Waals surface area (Å²) < 4.78 is 15.7. The second-order valence-corrected chi connectivity index (χ2v) is 12.4. The van der Waals surface area contributed by atoms with Gasteiger partial charge in [0.05, 0.1) is 19.2 Å². The Morgan fingerprint density at radius 3 is 2.19 bits per heavy atom. The number of amides is 2. The highest BCUT2D eigenvalue weighted by Crippen LogP contribution is 2.27. The average Bonchev–Trinajstić information content (AvgIpc) is 3.99. The van der Waals surface area contributed by atoms with Gasteiger partial charge >= 0.3 is 11.9 Å². The fourth-order valence-electron chi connectivity index (χ4n) is 5.40. The molecule has 1 fully saturated rings. The molecular weight excluding hydrogens is 710 g/mol. The van der Waals surface area contributed by atoms with E-state index in [1.54, 1.807) is 48.5 Å². The Balaban J connectivity index is 0.00000650. The third-order valence-electron chi connectivity index (χ3n) is 8.42. The summed E-state index contributed by atoms with van der Waals surface area (Å²) in [6.45, 7) is 2.23. The first-order valence-electron chi connectivity index (χ1n) is 17.3. The normalized spacial score (nSPS) is 11.5. The maximum Gasteiger partial charge on any atom is 0.339 e. The molecule has 0 heterocycles. The second-order valence-electron chi connectivity index (χ2n) is 12.4. The molecule has 0 radical (unpaired) electrons. The minimum atomic E-state index is -0.553. The van der Waals surface area contributed by atoms with E-state index < -0.39 is 11.9 Å². The summed E-state index contributed by atoms with van der Waals surface area (Å²) in [5, 5.41) is 5.75. The monoisotopic (exact) mass is 751 g/mol. The summed E-state index contributed by atoms with van der Waals surface area (Å²) >= 11 is 0. The molecule has 54 heavy (non-hydrogen) atoms. The predicted molar refractivity (Wildman–Crippen MR) is 207 cm³/mol. The van der Waals surface area contributed by atoms with Crippen LogP contribution in [0.25, 0.3) is 11.1 Å². The number of halogens is 1. The van der Waals surface area contributed by atoms with Crippen molar-refractivity contribution in [2.24, 2.45) is 5.73 Å². The van der Waals surface area contributed by atoms with Crippen molar-refractivity contribution in [1.82, 2.24) is 5.32 Å². The lowest BCUT2D eigenvalue weighted by molar-refractivity contribution is -0.144. The highest BCUT2D eigenvalue weighted by Gasteiger charge is 2.24. The Labute approximate surface area is 320 Å². The van der Waals surface area contributed by atoms with Gasteiger partial charge in [0, 0.05) is 46.8 Å². The van der Waals surface area contributed by atoms with E-state index in [1.165, 1.54) is 13.2 Å². The van der Waals surface area contributed by atoms with E-state index in [-0.39, 0.29) is 80.6 Å². The molecule has 0 aliphatic heterocycles.